The van der Waals surface area contributed by atoms with Gasteiger partial charge in [0.25, 0.3) is 5.91 Å². The molecule has 0 aliphatic carbocycles. The van der Waals surface area contributed by atoms with Gasteiger partial charge in [-0.1, -0.05) is 70.2 Å². The number of carbonyl (C=O) groups is 1. The van der Waals surface area contributed by atoms with Crippen LogP contribution in [0.25, 0.3) is 0 Å². The van der Waals surface area contributed by atoms with E-state index >= 15 is 0 Å². The van der Waals surface area contributed by atoms with Crippen molar-refractivity contribution in [2.45, 2.75) is 6.54 Å². The Morgan fingerprint density at radius 1 is 1.13 bits per heavy atom. The first-order chi connectivity index (χ1) is 11.2. The highest BCUT2D eigenvalue weighted by Crippen LogP contribution is 2.20. The normalized spacial score (nSPS) is 16.7. The summed E-state index contributed by atoms with van der Waals surface area (Å²) in [5.41, 5.74) is 2.04. The van der Waals surface area contributed by atoms with Crippen molar-refractivity contribution in [3.05, 3.63) is 70.2 Å². The molecule has 2 aromatic rings. The van der Waals surface area contributed by atoms with Gasteiger partial charge in [-0.2, -0.15) is 10.1 Å². The van der Waals surface area contributed by atoms with Crippen molar-refractivity contribution < 1.29 is 4.79 Å². The van der Waals surface area contributed by atoms with Crippen molar-refractivity contribution in [3.63, 3.8) is 0 Å². The largest absolute Gasteiger partial charge is 0.271 e. The van der Waals surface area contributed by atoms with Crippen molar-refractivity contribution in [2.75, 3.05) is 5.75 Å². The number of hydrogen-bond donors (Lipinski definition) is 0. The molecule has 0 bridgehead atoms. The number of benzene rings is 2. The number of aliphatic imine (C=N–C) groups is 1. The maximum absolute atomic E-state index is 12.0. The van der Waals surface area contributed by atoms with Crippen molar-refractivity contribution in [2.24, 2.45) is 10.1 Å². The van der Waals surface area contributed by atoms with E-state index in [9.17, 15) is 4.79 Å². The highest BCUT2D eigenvalue weighted by atomic mass is 79.9. The first-order valence-electron chi connectivity index (χ1n) is 7.06. The SMILES string of the molecule is O=C1CSC(=NCc2ccccc2)N1/N=C\c1ccc(Br)cc1. The number of amidine groups is 1. The van der Waals surface area contributed by atoms with E-state index in [4.69, 9.17) is 0 Å². The minimum Gasteiger partial charge on any atom is -0.271 e. The maximum Gasteiger partial charge on any atom is 0.259 e. The molecular weight excluding hydrogens is 374 g/mol. The van der Waals surface area contributed by atoms with E-state index < -0.39 is 0 Å². The van der Waals surface area contributed by atoms with Crippen molar-refractivity contribution in [3.8, 4) is 0 Å². The molecule has 3 rings (SSSR count). The minimum absolute atomic E-state index is 0.0461. The number of amides is 1. The third-order valence-corrected chi connectivity index (χ3v) is 4.65. The Morgan fingerprint density at radius 3 is 2.61 bits per heavy atom. The molecule has 0 radical (unpaired) electrons. The molecule has 1 aliphatic heterocycles. The number of rotatable bonds is 4. The topological polar surface area (TPSA) is 45.0 Å². The molecule has 0 spiro atoms. The molecule has 1 heterocycles. The van der Waals surface area contributed by atoms with Crippen molar-refractivity contribution in [1.82, 2.24) is 5.01 Å². The number of carbonyl (C=O) groups excluding carboxylic acids is 1. The van der Waals surface area contributed by atoms with E-state index in [1.54, 1.807) is 6.21 Å². The summed E-state index contributed by atoms with van der Waals surface area (Å²) >= 11 is 4.81. The maximum atomic E-state index is 12.0. The van der Waals surface area contributed by atoms with Gasteiger partial charge in [-0.25, -0.2) is 0 Å². The lowest BCUT2D eigenvalue weighted by atomic mass is 10.2. The zero-order valence-electron chi connectivity index (χ0n) is 12.2. The van der Waals surface area contributed by atoms with Gasteiger partial charge < -0.3 is 0 Å². The molecular formula is C17H14BrN3OS. The third kappa shape index (κ3) is 4.30. The number of hydrogen-bond acceptors (Lipinski definition) is 4. The van der Waals surface area contributed by atoms with Gasteiger partial charge in [0.05, 0.1) is 18.5 Å². The van der Waals surface area contributed by atoms with E-state index in [-0.39, 0.29) is 5.91 Å². The fraction of sp³-hybridized carbons (Fsp3) is 0.118. The zero-order valence-corrected chi connectivity index (χ0v) is 14.6. The molecule has 1 saturated heterocycles. The lowest BCUT2D eigenvalue weighted by molar-refractivity contribution is -0.124. The average molecular weight is 388 g/mol. The van der Waals surface area contributed by atoms with Gasteiger partial charge in [0.1, 0.15) is 0 Å². The highest BCUT2D eigenvalue weighted by Gasteiger charge is 2.27. The minimum atomic E-state index is -0.0461. The molecule has 23 heavy (non-hydrogen) atoms. The summed E-state index contributed by atoms with van der Waals surface area (Å²) < 4.78 is 1.01. The van der Waals surface area contributed by atoms with Crippen LogP contribution in [-0.2, 0) is 11.3 Å². The molecule has 0 N–H and O–H groups in total. The summed E-state index contributed by atoms with van der Waals surface area (Å²) in [7, 11) is 0. The third-order valence-electron chi connectivity index (χ3n) is 3.17. The molecule has 1 amide bonds. The molecule has 2 aromatic carbocycles. The molecule has 1 fully saturated rings. The fourth-order valence-corrected chi connectivity index (χ4v) is 3.06. The quantitative estimate of drug-likeness (QED) is 0.746. The first kappa shape index (κ1) is 16.0. The fourth-order valence-electron chi connectivity index (χ4n) is 2.00. The second-order valence-electron chi connectivity index (χ2n) is 4.87. The molecule has 0 unspecified atom stereocenters. The second kappa shape index (κ2) is 7.57. The standard InChI is InChI=1S/C17H14BrN3OS/c18-15-8-6-14(7-9-15)11-20-21-16(22)12-23-17(21)19-10-13-4-2-1-3-5-13/h1-9,11H,10,12H2/b19-17?,20-11-. The number of hydrazone groups is 1. The molecule has 0 atom stereocenters. The van der Waals surface area contributed by atoms with Crippen molar-refractivity contribution in [1.29, 1.82) is 0 Å². The van der Waals surface area contributed by atoms with Gasteiger partial charge in [-0.3, -0.25) is 9.79 Å². The monoisotopic (exact) mass is 387 g/mol. The molecule has 116 valence electrons. The lowest BCUT2D eigenvalue weighted by Crippen LogP contribution is -2.24. The summed E-state index contributed by atoms with van der Waals surface area (Å²) in [6, 6.07) is 17.7. The van der Waals surface area contributed by atoms with E-state index in [1.807, 2.05) is 54.6 Å². The van der Waals surface area contributed by atoms with Crippen LogP contribution in [0.5, 0.6) is 0 Å². The molecule has 1 aliphatic rings. The smallest absolute Gasteiger partial charge is 0.259 e. The Kier molecular flexibility index (Phi) is 5.25. The van der Waals surface area contributed by atoms with Crippen LogP contribution < -0.4 is 0 Å². The van der Waals surface area contributed by atoms with Gasteiger partial charge in [-0.05, 0) is 23.3 Å². The predicted octanol–water partition coefficient (Wildman–Crippen LogP) is 3.91. The van der Waals surface area contributed by atoms with Crippen LogP contribution >= 0.6 is 27.7 Å². The van der Waals surface area contributed by atoms with Crippen LogP contribution in [0.15, 0.2) is 69.2 Å². The Labute approximate surface area is 147 Å². The van der Waals surface area contributed by atoms with Crippen LogP contribution in [0, 0.1) is 0 Å². The molecule has 4 nitrogen and oxygen atoms in total. The summed E-state index contributed by atoms with van der Waals surface area (Å²) in [4.78, 5) is 16.5. The number of thioether (sulfide) groups is 1. The molecule has 0 aromatic heterocycles. The Bertz CT molecular complexity index is 744. The zero-order chi connectivity index (χ0) is 16.1. The number of halogens is 1. The van der Waals surface area contributed by atoms with E-state index in [0.717, 1.165) is 15.6 Å². The summed E-state index contributed by atoms with van der Waals surface area (Å²) in [5.74, 6) is 0.334. The first-order valence-corrected chi connectivity index (χ1v) is 8.84. The second-order valence-corrected chi connectivity index (χ2v) is 6.73. The summed E-state index contributed by atoms with van der Waals surface area (Å²) in [5, 5.41) is 6.32. The van der Waals surface area contributed by atoms with Gasteiger partial charge in [0, 0.05) is 4.47 Å². The van der Waals surface area contributed by atoms with Gasteiger partial charge in [-0.15, -0.1) is 0 Å². The van der Waals surface area contributed by atoms with Gasteiger partial charge in [0.2, 0.25) is 0 Å². The Balaban J connectivity index is 1.73. The van der Waals surface area contributed by atoms with Gasteiger partial charge >= 0.3 is 0 Å². The van der Waals surface area contributed by atoms with E-state index in [0.29, 0.717) is 17.5 Å². The highest BCUT2D eigenvalue weighted by molar-refractivity contribution is 9.10. The summed E-state index contributed by atoms with van der Waals surface area (Å²) in [6.07, 6.45) is 1.67. The van der Waals surface area contributed by atoms with Crippen LogP contribution in [0.1, 0.15) is 11.1 Å². The van der Waals surface area contributed by atoms with Crippen LogP contribution in [-0.4, -0.2) is 28.1 Å². The van der Waals surface area contributed by atoms with Crippen LogP contribution in [0.2, 0.25) is 0 Å². The summed E-state index contributed by atoms with van der Waals surface area (Å²) in [6.45, 7) is 0.542. The lowest BCUT2D eigenvalue weighted by Gasteiger charge is -2.09. The Hall–Kier alpha value is -1.92. The van der Waals surface area contributed by atoms with E-state index in [1.165, 1.54) is 16.8 Å². The van der Waals surface area contributed by atoms with Crippen LogP contribution in [0.4, 0.5) is 0 Å². The number of nitrogens with zero attached hydrogens (tertiary/aromatic N) is 3. The van der Waals surface area contributed by atoms with E-state index in [2.05, 4.69) is 26.0 Å². The molecule has 0 saturated carbocycles. The average Bonchev–Trinajstić information content (AvgIpc) is 2.93. The Morgan fingerprint density at radius 2 is 1.87 bits per heavy atom. The predicted molar refractivity (Wildman–Crippen MR) is 98.6 cm³/mol. The molecule has 6 heteroatoms. The van der Waals surface area contributed by atoms with Gasteiger partial charge in [0.15, 0.2) is 5.17 Å². The van der Waals surface area contributed by atoms with Crippen molar-refractivity contribution >= 4 is 45.0 Å². The van der Waals surface area contributed by atoms with Crippen LogP contribution in [0.3, 0.4) is 0 Å².